The van der Waals surface area contributed by atoms with Gasteiger partial charge in [0.1, 0.15) is 11.6 Å². The van der Waals surface area contributed by atoms with Gasteiger partial charge >= 0.3 is 0 Å². The Kier molecular flexibility index (Phi) is 11.0. The largest absolute Gasteiger partial charge is 0.390 e. The summed E-state index contributed by atoms with van der Waals surface area (Å²) in [6.45, 7) is 5.74. The van der Waals surface area contributed by atoms with E-state index in [1.807, 2.05) is 23.0 Å². The Morgan fingerprint density at radius 3 is 2.59 bits per heavy atom. The fourth-order valence-electron chi connectivity index (χ4n) is 4.04. The molecule has 6 nitrogen and oxygen atoms in total. The summed E-state index contributed by atoms with van der Waals surface area (Å²) >= 11 is 0. The third-order valence-corrected chi connectivity index (χ3v) is 6.07. The molecule has 0 saturated heterocycles. The van der Waals surface area contributed by atoms with Crippen LogP contribution in [0.3, 0.4) is 0 Å². The molecule has 8 heteroatoms. The number of hydrogen-bond donors (Lipinski definition) is 3. The van der Waals surface area contributed by atoms with E-state index < -0.39 is 29.7 Å². The number of carbonyl (C=O) groups excluding carboxylic acids is 1. The molecular formula is C29H36F2N4O2. The number of unbranched alkanes of at least 4 members (excludes halogenated alkanes) is 1. The van der Waals surface area contributed by atoms with Gasteiger partial charge in [-0.05, 0) is 54.2 Å². The van der Waals surface area contributed by atoms with Gasteiger partial charge in [-0.25, -0.2) is 8.78 Å². The molecule has 0 spiro atoms. The molecule has 3 rings (SSSR count). The number of nitrogens with zero attached hydrogens (tertiary/aromatic N) is 2. The van der Waals surface area contributed by atoms with Crippen LogP contribution in [0.2, 0.25) is 0 Å². The first kappa shape index (κ1) is 28.2. The molecule has 2 atom stereocenters. The second-order valence-electron chi connectivity index (χ2n) is 9.19. The number of carbonyl (C=O) groups is 1. The Morgan fingerprint density at radius 1 is 1.11 bits per heavy atom. The van der Waals surface area contributed by atoms with Crippen molar-refractivity contribution >= 4 is 12.0 Å². The lowest BCUT2D eigenvalue weighted by Gasteiger charge is -2.24. The van der Waals surface area contributed by atoms with Crippen LogP contribution in [0.25, 0.3) is 6.08 Å². The van der Waals surface area contributed by atoms with Crippen LogP contribution in [-0.2, 0) is 30.7 Å². The molecule has 0 aliphatic carbocycles. The molecule has 0 bridgehead atoms. The average molecular weight is 511 g/mol. The normalized spacial score (nSPS) is 13.1. The molecule has 1 heterocycles. The predicted octanol–water partition coefficient (Wildman–Crippen LogP) is 4.42. The number of benzene rings is 2. The van der Waals surface area contributed by atoms with Crippen molar-refractivity contribution < 1.29 is 18.7 Å². The van der Waals surface area contributed by atoms with E-state index in [0.29, 0.717) is 12.1 Å². The zero-order valence-corrected chi connectivity index (χ0v) is 21.5. The molecule has 0 saturated carbocycles. The maximum Gasteiger partial charge on any atom is 0.244 e. The molecule has 1 aromatic heterocycles. The van der Waals surface area contributed by atoms with E-state index >= 15 is 0 Å². The lowest BCUT2D eigenvalue weighted by molar-refractivity contribution is -0.117. The summed E-state index contributed by atoms with van der Waals surface area (Å²) in [6.07, 6.45) is 8.65. The monoisotopic (exact) mass is 510 g/mol. The van der Waals surface area contributed by atoms with Crippen molar-refractivity contribution in [3.05, 3.63) is 94.8 Å². The minimum absolute atomic E-state index is 0.0668. The number of aliphatic hydroxyl groups excluding tert-OH is 1. The Bertz CT molecular complexity index is 1160. The van der Waals surface area contributed by atoms with E-state index in [0.717, 1.165) is 43.0 Å². The molecule has 0 aliphatic heterocycles. The summed E-state index contributed by atoms with van der Waals surface area (Å²) in [5, 5.41) is 21.2. The summed E-state index contributed by atoms with van der Waals surface area (Å²) in [4.78, 5) is 12.7. The van der Waals surface area contributed by atoms with Crippen molar-refractivity contribution in [3.63, 3.8) is 0 Å². The number of rotatable bonds is 14. The van der Waals surface area contributed by atoms with Crippen LogP contribution in [0.4, 0.5) is 8.78 Å². The Hall–Kier alpha value is -3.36. The van der Waals surface area contributed by atoms with Crippen molar-refractivity contribution in [3.8, 4) is 0 Å². The Labute approximate surface area is 217 Å². The molecule has 3 aromatic rings. The van der Waals surface area contributed by atoms with Gasteiger partial charge in [-0.3, -0.25) is 9.48 Å². The predicted molar refractivity (Wildman–Crippen MR) is 142 cm³/mol. The summed E-state index contributed by atoms with van der Waals surface area (Å²) in [5.74, 6) is -1.83. The van der Waals surface area contributed by atoms with E-state index in [2.05, 4.69) is 41.7 Å². The first-order chi connectivity index (χ1) is 17.9. The van der Waals surface area contributed by atoms with E-state index in [1.54, 1.807) is 12.3 Å². The maximum atomic E-state index is 13.8. The first-order valence-electron chi connectivity index (χ1n) is 12.8. The van der Waals surface area contributed by atoms with Crippen LogP contribution in [-0.4, -0.2) is 39.5 Å². The number of hydrogen-bond acceptors (Lipinski definition) is 4. The highest BCUT2D eigenvalue weighted by molar-refractivity contribution is 5.91. The van der Waals surface area contributed by atoms with Gasteiger partial charge in [0.05, 0.1) is 18.3 Å². The highest BCUT2D eigenvalue weighted by Gasteiger charge is 2.22. The van der Waals surface area contributed by atoms with Gasteiger partial charge in [0.25, 0.3) is 0 Å². The fourth-order valence-corrected chi connectivity index (χ4v) is 4.04. The molecule has 37 heavy (non-hydrogen) atoms. The topological polar surface area (TPSA) is 79.2 Å². The average Bonchev–Trinajstić information content (AvgIpc) is 3.33. The van der Waals surface area contributed by atoms with Crippen molar-refractivity contribution in [2.45, 2.75) is 64.8 Å². The van der Waals surface area contributed by atoms with Gasteiger partial charge in [-0.1, -0.05) is 44.5 Å². The lowest BCUT2D eigenvalue weighted by Crippen LogP contribution is -2.48. The van der Waals surface area contributed by atoms with Crippen LogP contribution in [0.5, 0.6) is 0 Å². The Balaban J connectivity index is 1.64. The van der Waals surface area contributed by atoms with E-state index in [9.17, 15) is 18.7 Å². The third kappa shape index (κ3) is 9.55. The first-order valence-corrected chi connectivity index (χ1v) is 12.8. The van der Waals surface area contributed by atoms with Crippen molar-refractivity contribution in [2.75, 3.05) is 6.54 Å². The fraction of sp³-hybridized carbons (Fsp3) is 0.379. The highest BCUT2D eigenvalue weighted by Crippen LogP contribution is 2.13. The number of amides is 1. The van der Waals surface area contributed by atoms with Gasteiger partial charge in [-0.15, -0.1) is 0 Å². The maximum absolute atomic E-state index is 13.8. The molecular weight excluding hydrogens is 474 g/mol. The smallest absolute Gasteiger partial charge is 0.244 e. The number of aryl methyl sites for hydroxylation is 2. The van der Waals surface area contributed by atoms with E-state index in [4.69, 9.17) is 0 Å². The molecule has 1 amide bonds. The van der Waals surface area contributed by atoms with Gasteiger partial charge in [0, 0.05) is 43.5 Å². The molecule has 198 valence electrons. The standard InChI is InChI=1S/C29H36F2N4O2/c1-3-5-11-35-20-23(18-33-35)9-10-29(37)34-27(15-24-13-25(30)16-26(31)14-24)28(36)19-32-17-22-8-6-7-21(4-2)12-22/h6-10,12-14,16,18,20,27-28,32,36H,3-5,11,15,17,19H2,1-2H3,(H,34,37)/t27-,28+/m0/s1. The second kappa shape index (κ2) is 14.4. The van der Waals surface area contributed by atoms with Crippen molar-refractivity contribution in [2.24, 2.45) is 0 Å². The van der Waals surface area contributed by atoms with Gasteiger partial charge in [0.15, 0.2) is 0 Å². The van der Waals surface area contributed by atoms with E-state index in [1.165, 1.54) is 23.8 Å². The minimum Gasteiger partial charge on any atom is -0.390 e. The quantitative estimate of drug-likeness (QED) is 0.281. The third-order valence-electron chi connectivity index (χ3n) is 6.07. The van der Waals surface area contributed by atoms with Gasteiger partial charge in [0.2, 0.25) is 5.91 Å². The van der Waals surface area contributed by atoms with Gasteiger partial charge in [-0.2, -0.15) is 5.10 Å². The molecule has 0 aliphatic rings. The van der Waals surface area contributed by atoms with E-state index in [-0.39, 0.29) is 13.0 Å². The number of aromatic nitrogens is 2. The number of nitrogens with one attached hydrogen (secondary N) is 2. The summed E-state index contributed by atoms with van der Waals surface area (Å²) in [7, 11) is 0. The molecule has 0 radical (unpaired) electrons. The molecule has 2 aromatic carbocycles. The van der Waals surface area contributed by atoms with Crippen LogP contribution in [0.15, 0.2) is 60.9 Å². The van der Waals surface area contributed by atoms with Crippen LogP contribution < -0.4 is 10.6 Å². The van der Waals surface area contributed by atoms with Crippen LogP contribution in [0.1, 0.15) is 48.9 Å². The van der Waals surface area contributed by atoms with Crippen LogP contribution >= 0.6 is 0 Å². The zero-order valence-electron chi connectivity index (χ0n) is 21.5. The summed E-state index contributed by atoms with van der Waals surface area (Å²) in [5.41, 5.74) is 3.44. The summed E-state index contributed by atoms with van der Waals surface area (Å²) < 4.78 is 29.3. The lowest BCUT2D eigenvalue weighted by atomic mass is 10.0. The summed E-state index contributed by atoms with van der Waals surface area (Å²) in [6, 6.07) is 10.6. The molecule has 0 unspecified atom stereocenters. The van der Waals surface area contributed by atoms with Gasteiger partial charge < -0.3 is 15.7 Å². The van der Waals surface area contributed by atoms with Crippen LogP contribution in [0, 0.1) is 11.6 Å². The SMILES string of the molecule is CCCCn1cc(C=CC(=O)N[C@@H](Cc2cc(F)cc(F)c2)[C@H](O)CNCc2cccc(CC)c2)cn1. The molecule has 3 N–H and O–H groups in total. The Morgan fingerprint density at radius 2 is 1.86 bits per heavy atom. The number of halogens is 2. The van der Waals surface area contributed by atoms with Crippen molar-refractivity contribution in [1.29, 1.82) is 0 Å². The molecule has 0 fully saturated rings. The highest BCUT2D eigenvalue weighted by atomic mass is 19.1. The number of aliphatic hydroxyl groups is 1. The zero-order chi connectivity index (χ0) is 26.6. The minimum atomic E-state index is -0.991. The van der Waals surface area contributed by atoms with Crippen molar-refractivity contribution in [1.82, 2.24) is 20.4 Å². The second-order valence-corrected chi connectivity index (χ2v) is 9.19.